The van der Waals surface area contributed by atoms with Gasteiger partial charge in [-0.05, 0) is 23.5 Å². The Labute approximate surface area is 90.9 Å². The molecule has 0 aliphatic carbocycles. The second-order valence-corrected chi connectivity index (χ2v) is 5.19. The maximum atomic E-state index is 10.8. The average molecular weight is 228 g/mol. The van der Waals surface area contributed by atoms with Crippen LogP contribution in [0.5, 0.6) is 0 Å². The van der Waals surface area contributed by atoms with E-state index in [4.69, 9.17) is 4.55 Å². The first-order chi connectivity index (χ1) is 6.94. The van der Waals surface area contributed by atoms with Crippen LogP contribution in [0, 0.1) is 0 Å². The van der Waals surface area contributed by atoms with Crippen LogP contribution < -0.4 is 0 Å². The minimum Gasteiger partial charge on any atom is -0.285 e. The topological polar surface area (TPSA) is 54.4 Å². The molecule has 0 amide bonds. The molecule has 4 heteroatoms. The third-order valence-corrected chi connectivity index (χ3v) is 3.21. The zero-order valence-electron chi connectivity index (χ0n) is 8.97. The smallest absolute Gasteiger partial charge is 0.269 e. The highest BCUT2D eigenvalue weighted by atomic mass is 32.2. The van der Waals surface area contributed by atoms with Crippen molar-refractivity contribution in [3.05, 3.63) is 35.4 Å². The lowest BCUT2D eigenvalue weighted by molar-refractivity contribution is 0.481. The van der Waals surface area contributed by atoms with Crippen molar-refractivity contribution in [2.45, 2.75) is 31.9 Å². The summed E-state index contributed by atoms with van der Waals surface area (Å²) in [6.45, 7) is 4.09. The summed E-state index contributed by atoms with van der Waals surface area (Å²) in [5, 5.41) is 0. The minimum atomic E-state index is -3.94. The quantitative estimate of drug-likeness (QED) is 0.806. The number of hydrogen-bond acceptors (Lipinski definition) is 2. The van der Waals surface area contributed by atoms with E-state index in [-0.39, 0.29) is 5.75 Å². The first-order valence-corrected chi connectivity index (χ1v) is 6.58. The molecule has 0 aliphatic heterocycles. The van der Waals surface area contributed by atoms with Crippen LogP contribution in [0.25, 0.3) is 0 Å². The molecule has 1 aromatic carbocycles. The van der Waals surface area contributed by atoms with E-state index in [1.54, 1.807) is 12.1 Å². The van der Waals surface area contributed by atoms with Gasteiger partial charge in [-0.2, -0.15) is 8.42 Å². The molecule has 0 spiro atoms. The van der Waals surface area contributed by atoms with Gasteiger partial charge >= 0.3 is 0 Å². The van der Waals surface area contributed by atoms with Crippen LogP contribution in [-0.4, -0.2) is 13.0 Å². The number of rotatable bonds is 4. The zero-order valence-corrected chi connectivity index (χ0v) is 9.79. The summed E-state index contributed by atoms with van der Waals surface area (Å²) in [5.41, 5.74) is 1.69. The van der Waals surface area contributed by atoms with E-state index >= 15 is 0 Å². The molecule has 0 saturated carbocycles. The van der Waals surface area contributed by atoms with Crippen molar-refractivity contribution < 1.29 is 13.0 Å². The molecule has 0 aromatic heterocycles. The van der Waals surface area contributed by atoms with Crippen molar-refractivity contribution in [2.75, 3.05) is 0 Å². The molecule has 0 heterocycles. The Hall–Kier alpha value is -0.870. The van der Waals surface area contributed by atoms with Crippen LogP contribution in [0.15, 0.2) is 24.3 Å². The van der Waals surface area contributed by atoms with Crippen LogP contribution in [0.4, 0.5) is 0 Å². The van der Waals surface area contributed by atoms with E-state index in [0.717, 1.165) is 12.0 Å². The maximum absolute atomic E-state index is 10.8. The molecule has 84 valence electrons. The van der Waals surface area contributed by atoms with Crippen molar-refractivity contribution in [1.82, 2.24) is 0 Å². The molecule has 1 unspecified atom stereocenters. The Balaban J connectivity index is 3.07. The lowest BCUT2D eigenvalue weighted by Crippen LogP contribution is -2.06. The molecule has 0 fully saturated rings. The summed E-state index contributed by atoms with van der Waals surface area (Å²) in [4.78, 5) is 0. The van der Waals surface area contributed by atoms with Crippen molar-refractivity contribution in [3.63, 3.8) is 0 Å². The lowest BCUT2D eigenvalue weighted by atomic mass is 9.94. The van der Waals surface area contributed by atoms with Crippen molar-refractivity contribution in [1.29, 1.82) is 0 Å². The van der Waals surface area contributed by atoms with Gasteiger partial charge in [-0.3, -0.25) is 4.55 Å². The molecule has 0 saturated heterocycles. The molecule has 15 heavy (non-hydrogen) atoms. The Bertz CT molecular complexity index is 423. The Morgan fingerprint density at radius 3 is 2.47 bits per heavy atom. The molecule has 0 bridgehead atoms. The second kappa shape index (κ2) is 4.77. The fourth-order valence-electron chi connectivity index (χ4n) is 1.56. The van der Waals surface area contributed by atoms with E-state index in [1.807, 2.05) is 19.1 Å². The Kier molecular flexibility index (Phi) is 3.88. The second-order valence-electron chi connectivity index (χ2n) is 3.73. The third kappa shape index (κ3) is 3.64. The van der Waals surface area contributed by atoms with Crippen LogP contribution >= 0.6 is 0 Å². The maximum Gasteiger partial charge on any atom is 0.269 e. The van der Waals surface area contributed by atoms with Gasteiger partial charge in [-0.1, -0.05) is 38.1 Å². The summed E-state index contributed by atoms with van der Waals surface area (Å²) in [6.07, 6.45) is 0.947. The third-order valence-electron chi connectivity index (χ3n) is 2.54. The van der Waals surface area contributed by atoms with Crippen molar-refractivity contribution in [3.8, 4) is 0 Å². The van der Waals surface area contributed by atoms with Crippen LogP contribution in [0.2, 0.25) is 0 Å². The van der Waals surface area contributed by atoms with E-state index in [1.165, 1.54) is 0 Å². The summed E-state index contributed by atoms with van der Waals surface area (Å²) in [7, 11) is -3.94. The van der Waals surface area contributed by atoms with Crippen molar-refractivity contribution in [2.24, 2.45) is 0 Å². The summed E-state index contributed by atoms with van der Waals surface area (Å²) in [5.74, 6) is 0.0102. The highest BCUT2D eigenvalue weighted by Crippen LogP contribution is 2.23. The molecule has 1 atom stereocenters. The predicted molar refractivity (Wildman–Crippen MR) is 60.4 cm³/mol. The van der Waals surface area contributed by atoms with E-state index in [0.29, 0.717) is 11.5 Å². The highest BCUT2D eigenvalue weighted by Gasteiger charge is 2.13. The SMILES string of the molecule is CCC(C)c1ccccc1CS(=O)(=O)O. The largest absolute Gasteiger partial charge is 0.285 e. The Morgan fingerprint density at radius 2 is 1.93 bits per heavy atom. The van der Waals surface area contributed by atoms with Gasteiger partial charge in [0.05, 0.1) is 0 Å². The summed E-state index contributed by atoms with van der Waals surface area (Å²) >= 11 is 0. The van der Waals surface area contributed by atoms with Gasteiger partial charge in [0.2, 0.25) is 0 Å². The fourth-order valence-corrected chi connectivity index (χ4v) is 2.22. The standard InChI is InChI=1S/C11H16O3S/c1-3-9(2)11-7-5-4-6-10(11)8-15(12,13)14/h4-7,9H,3,8H2,1-2H3,(H,12,13,14). The van der Waals surface area contributed by atoms with Gasteiger partial charge in [0.1, 0.15) is 5.75 Å². The number of benzene rings is 1. The monoisotopic (exact) mass is 228 g/mol. The van der Waals surface area contributed by atoms with Gasteiger partial charge < -0.3 is 0 Å². The predicted octanol–water partition coefficient (Wildman–Crippen LogP) is 2.59. The average Bonchev–Trinajstić information content (AvgIpc) is 2.15. The summed E-state index contributed by atoms with van der Waals surface area (Å²) < 4.78 is 30.5. The molecular formula is C11H16O3S. The van der Waals surface area contributed by atoms with Crippen LogP contribution in [0.3, 0.4) is 0 Å². The normalized spacial score (nSPS) is 13.8. The summed E-state index contributed by atoms with van der Waals surface area (Å²) in [6, 6.07) is 7.32. The highest BCUT2D eigenvalue weighted by molar-refractivity contribution is 7.85. The molecule has 1 rings (SSSR count). The van der Waals surface area contributed by atoms with Gasteiger partial charge in [-0.25, -0.2) is 0 Å². The minimum absolute atomic E-state index is 0.298. The molecule has 3 nitrogen and oxygen atoms in total. The fraction of sp³-hybridized carbons (Fsp3) is 0.455. The van der Waals surface area contributed by atoms with Gasteiger partial charge in [-0.15, -0.1) is 0 Å². The van der Waals surface area contributed by atoms with Gasteiger partial charge in [0.25, 0.3) is 10.1 Å². The Morgan fingerprint density at radius 1 is 1.33 bits per heavy atom. The van der Waals surface area contributed by atoms with E-state index in [2.05, 4.69) is 6.92 Å². The molecule has 0 radical (unpaired) electrons. The van der Waals surface area contributed by atoms with E-state index < -0.39 is 10.1 Å². The first kappa shape index (κ1) is 12.2. The van der Waals surface area contributed by atoms with E-state index in [9.17, 15) is 8.42 Å². The van der Waals surface area contributed by atoms with Crippen LogP contribution in [-0.2, 0) is 15.9 Å². The van der Waals surface area contributed by atoms with Gasteiger partial charge in [0, 0.05) is 0 Å². The molecule has 0 aliphatic rings. The van der Waals surface area contributed by atoms with Crippen LogP contribution in [0.1, 0.15) is 37.3 Å². The molecule has 1 N–H and O–H groups in total. The number of hydrogen-bond donors (Lipinski definition) is 1. The molecule has 1 aromatic rings. The zero-order chi connectivity index (χ0) is 11.5. The molecular weight excluding hydrogens is 212 g/mol. The first-order valence-electron chi connectivity index (χ1n) is 4.97. The van der Waals surface area contributed by atoms with Gasteiger partial charge in [0.15, 0.2) is 0 Å². The lowest BCUT2D eigenvalue weighted by Gasteiger charge is -2.13. The van der Waals surface area contributed by atoms with Crippen molar-refractivity contribution >= 4 is 10.1 Å².